The van der Waals surface area contributed by atoms with Crippen LogP contribution in [0.15, 0.2) is 36.4 Å². The second-order valence-corrected chi connectivity index (χ2v) is 9.93. The molecule has 9 nitrogen and oxygen atoms in total. The SMILES string of the molecule is O=C(COc1cc(Cl)ccc1C(=O)NCCN1CCN(Cc2ccc(Cl)c(Cl)c2)CC1)NC(CO)CO. The molecule has 0 saturated carbocycles. The number of aliphatic hydroxyl groups excluding tert-OH is 2. The lowest BCUT2D eigenvalue weighted by Crippen LogP contribution is -2.48. The quantitative estimate of drug-likeness (QED) is 0.307. The largest absolute Gasteiger partial charge is 0.483 e. The number of halogens is 3. The van der Waals surface area contributed by atoms with Gasteiger partial charge in [-0.3, -0.25) is 19.4 Å². The Hall–Kier alpha value is -2.11. The van der Waals surface area contributed by atoms with E-state index < -0.39 is 31.8 Å². The number of benzene rings is 2. The van der Waals surface area contributed by atoms with Gasteiger partial charge in [-0.15, -0.1) is 0 Å². The minimum atomic E-state index is -0.781. The molecule has 2 aromatic carbocycles. The normalized spacial score (nSPS) is 14.5. The van der Waals surface area contributed by atoms with Crippen LogP contribution in [-0.4, -0.2) is 97.0 Å². The zero-order chi connectivity index (χ0) is 26.8. The molecule has 2 amide bonds. The molecule has 0 spiro atoms. The first kappa shape index (κ1) is 29.4. The third-order valence-corrected chi connectivity index (χ3v) is 6.90. The second kappa shape index (κ2) is 14.7. The molecule has 0 aromatic heterocycles. The average molecular weight is 574 g/mol. The van der Waals surface area contributed by atoms with Gasteiger partial charge in [-0.25, -0.2) is 0 Å². The molecule has 1 saturated heterocycles. The van der Waals surface area contributed by atoms with Gasteiger partial charge in [-0.1, -0.05) is 40.9 Å². The molecule has 0 unspecified atom stereocenters. The lowest BCUT2D eigenvalue weighted by molar-refractivity contribution is -0.124. The molecule has 1 fully saturated rings. The molecule has 1 aliphatic rings. The van der Waals surface area contributed by atoms with Crippen LogP contribution < -0.4 is 15.4 Å². The molecule has 1 aliphatic heterocycles. The number of ether oxygens (including phenoxy) is 1. The number of nitrogens with zero attached hydrogens (tertiary/aromatic N) is 2. The Kier molecular flexibility index (Phi) is 11.7. The van der Waals surface area contributed by atoms with Crippen LogP contribution in [-0.2, 0) is 11.3 Å². The minimum Gasteiger partial charge on any atom is -0.483 e. The Balaban J connectivity index is 1.43. The molecule has 0 radical (unpaired) electrons. The van der Waals surface area contributed by atoms with E-state index in [-0.39, 0.29) is 17.2 Å². The van der Waals surface area contributed by atoms with Gasteiger partial charge in [0.05, 0.1) is 34.9 Å². The molecule has 202 valence electrons. The van der Waals surface area contributed by atoms with Crippen LogP contribution in [0.3, 0.4) is 0 Å². The molecule has 12 heteroatoms. The summed E-state index contributed by atoms with van der Waals surface area (Å²) < 4.78 is 5.51. The van der Waals surface area contributed by atoms with E-state index >= 15 is 0 Å². The summed E-state index contributed by atoms with van der Waals surface area (Å²) in [6.45, 7) is 4.30. The van der Waals surface area contributed by atoms with Gasteiger partial charge in [0.1, 0.15) is 5.75 Å². The lowest BCUT2D eigenvalue weighted by atomic mass is 10.2. The fourth-order valence-electron chi connectivity index (χ4n) is 3.85. The van der Waals surface area contributed by atoms with Crippen LogP contribution in [0.2, 0.25) is 15.1 Å². The highest BCUT2D eigenvalue weighted by atomic mass is 35.5. The van der Waals surface area contributed by atoms with Crippen molar-refractivity contribution in [1.29, 1.82) is 0 Å². The molecule has 1 heterocycles. The first-order chi connectivity index (χ1) is 17.8. The minimum absolute atomic E-state index is 0.167. The Morgan fingerprint density at radius 2 is 1.65 bits per heavy atom. The Morgan fingerprint density at radius 1 is 0.946 bits per heavy atom. The van der Waals surface area contributed by atoms with Gasteiger partial charge in [0.25, 0.3) is 11.8 Å². The van der Waals surface area contributed by atoms with Crippen molar-refractivity contribution < 1.29 is 24.5 Å². The molecular formula is C25H31Cl3N4O5. The van der Waals surface area contributed by atoms with E-state index in [1.165, 1.54) is 12.1 Å². The number of nitrogens with one attached hydrogen (secondary N) is 2. The van der Waals surface area contributed by atoms with Crippen molar-refractivity contribution in [1.82, 2.24) is 20.4 Å². The van der Waals surface area contributed by atoms with E-state index in [0.717, 1.165) is 38.3 Å². The maximum atomic E-state index is 12.8. The Labute approximate surface area is 231 Å². The summed E-state index contributed by atoms with van der Waals surface area (Å²) >= 11 is 18.2. The fourth-order valence-corrected chi connectivity index (χ4v) is 4.34. The number of carbonyl (C=O) groups is 2. The predicted octanol–water partition coefficient (Wildman–Crippen LogP) is 2.04. The summed E-state index contributed by atoms with van der Waals surface area (Å²) in [6, 6.07) is 9.49. The maximum absolute atomic E-state index is 12.8. The van der Waals surface area contributed by atoms with Gasteiger partial charge in [-0.2, -0.15) is 0 Å². The van der Waals surface area contributed by atoms with Crippen LogP contribution >= 0.6 is 34.8 Å². The lowest BCUT2D eigenvalue weighted by Gasteiger charge is -2.34. The number of aliphatic hydroxyl groups is 2. The second-order valence-electron chi connectivity index (χ2n) is 8.68. The zero-order valence-electron chi connectivity index (χ0n) is 20.3. The van der Waals surface area contributed by atoms with Crippen molar-refractivity contribution in [3.05, 3.63) is 62.6 Å². The van der Waals surface area contributed by atoms with Crippen LogP contribution in [0.5, 0.6) is 5.75 Å². The van der Waals surface area contributed by atoms with E-state index in [2.05, 4.69) is 20.4 Å². The highest BCUT2D eigenvalue weighted by Crippen LogP contribution is 2.24. The van der Waals surface area contributed by atoms with Crippen LogP contribution in [0.1, 0.15) is 15.9 Å². The standard InChI is InChI=1S/C25H31Cl3N4O5/c26-18-2-3-20(23(12-18)37-16-24(35)30-19(14-33)15-34)25(36)29-5-6-31-7-9-32(10-8-31)13-17-1-4-21(27)22(28)11-17/h1-4,11-12,19,33-34H,5-10,13-16H2,(H,29,36)(H,30,35). The average Bonchev–Trinajstić information content (AvgIpc) is 2.89. The number of hydrogen-bond donors (Lipinski definition) is 4. The Bertz CT molecular complexity index is 1060. The van der Waals surface area contributed by atoms with Crippen molar-refractivity contribution >= 4 is 46.6 Å². The third-order valence-electron chi connectivity index (χ3n) is 5.92. The summed E-state index contributed by atoms with van der Waals surface area (Å²) in [6.07, 6.45) is 0. The molecule has 3 rings (SSSR count). The van der Waals surface area contributed by atoms with E-state index in [4.69, 9.17) is 49.8 Å². The molecule has 0 atom stereocenters. The van der Waals surface area contributed by atoms with Gasteiger partial charge in [0, 0.05) is 50.8 Å². The van der Waals surface area contributed by atoms with Gasteiger partial charge >= 0.3 is 0 Å². The highest BCUT2D eigenvalue weighted by Gasteiger charge is 2.19. The van der Waals surface area contributed by atoms with Crippen molar-refractivity contribution in [3.63, 3.8) is 0 Å². The number of carbonyl (C=O) groups excluding carboxylic acids is 2. The summed E-state index contributed by atoms with van der Waals surface area (Å²) in [5.74, 6) is -0.715. The van der Waals surface area contributed by atoms with Crippen molar-refractivity contribution in [3.8, 4) is 5.75 Å². The molecule has 2 aromatic rings. The fraction of sp³-hybridized carbons (Fsp3) is 0.440. The first-order valence-electron chi connectivity index (χ1n) is 11.9. The summed E-state index contributed by atoms with van der Waals surface area (Å²) in [7, 11) is 0. The van der Waals surface area contributed by atoms with E-state index in [1.54, 1.807) is 6.07 Å². The predicted molar refractivity (Wildman–Crippen MR) is 144 cm³/mol. The monoisotopic (exact) mass is 572 g/mol. The molecule has 4 N–H and O–H groups in total. The number of amides is 2. The summed E-state index contributed by atoms with van der Waals surface area (Å²) in [5, 5.41) is 24.9. The number of rotatable bonds is 12. The Morgan fingerprint density at radius 3 is 2.32 bits per heavy atom. The van der Waals surface area contributed by atoms with Gasteiger partial charge in [-0.05, 0) is 35.9 Å². The van der Waals surface area contributed by atoms with Gasteiger partial charge < -0.3 is 25.6 Å². The van der Waals surface area contributed by atoms with Crippen LogP contribution in [0.25, 0.3) is 0 Å². The first-order valence-corrected chi connectivity index (χ1v) is 13.0. The van der Waals surface area contributed by atoms with Crippen molar-refractivity contribution in [2.45, 2.75) is 12.6 Å². The van der Waals surface area contributed by atoms with E-state index in [1.807, 2.05) is 18.2 Å². The van der Waals surface area contributed by atoms with Crippen LogP contribution in [0.4, 0.5) is 0 Å². The maximum Gasteiger partial charge on any atom is 0.258 e. The topological polar surface area (TPSA) is 114 Å². The summed E-state index contributed by atoms with van der Waals surface area (Å²) in [5.41, 5.74) is 1.37. The molecule has 0 aliphatic carbocycles. The zero-order valence-corrected chi connectivity index (χ0v) is 22.5. The molecular weight excluding hydrogens is 543 g/mol. The number of piperazine rings is 1. The highest BCUT2D eigenvalue weighted by molar-refractivity contribution is 6.42. The van der Waals surface area contributed by atoms with Gasteiger partial charge in [0.2, 0.25) is 0 Å². The molecule has 0 bridgehead atoms. The van der Waals surface area contributed by atoms with E-state index in [0.29, 0.717) is 28.2 Å². The summed E-state index contributed by atoms with van der Waals surface area (Å²) in [4.78, 5) is 29.4. The van der Waals surface area contributed by atoms with Crippen molar-refractivity contribution in [2.24, 2.45) is 0 Å². The van der Waals surface area contributed by atoms with Crippen LogP contribution in [0, 0.1) is 0 Å². The van der Waals surface area contributed by atoms with E-state index in [9.17, 15) is 9.59 Å². The van der Waals surface area contributed by atoms with Crippen molar-refractivity contribution in [2.75, 3.05) is 59.1 Å². The van der Waals surface area contributed by atoms with Gasteiger partial charge in [0.15, 0.2) is 6.61 Å². The molecule has 37 heavy (non-hydrogen) atoms. The smallest absolute Gasteiger partial charge is 0.258 e. The number of hydrogen-bond acceptors (Lipinski definition) is 7. The third kappa shape index (κ3) is 9.30.